The second-order valence-corrected chi connectivity index (χ2v) is 6.83. The van der Waals surface area contributed by atoms with Crippen LogP contribution in [0.4, 0.5) is 0 Å². The Bertz CT molecular complexity index is 1010. The molecule has 2 aromatic heterocycles. The SMILES string of the molecule is O=C(Cc1csc(-c2ccccc2)n1)NCc1ccc(-n2cncn2)cc1. The van der Waals surface area contributed by atoms with E-state index in [1.807, 2.05) is 60.0 Å². The highest BCUT2D eigenvalue weighted by molar-refractivity contribution is 7.13. The van der Waals surface area contributed by atoms with E-state index in [-0.39, 0.29) is 12.3 Å². The van der Waals surface area contributed by atoms with Gasteiger partial charge in [0, 0.05) is 17.5 Å². The number of nitrogens with zero attached hydrogens (tertiary/aromatic N) is 4. The number of aromatic nitrogens is 4. The summed E-state index contributed by atoms with van der Waals surface area (Å²) in [5.41, 5.74) is 3.81. The maximum absolute atomic E-state index is 12.2. The molecule has 134 valence electrons. The van der Waals surface area contributed by atoms with Crippen molar-refractivity contribution < 1.29 is 4.79 Å². The first-order valence-electron chi connectivity index (χ1n) is 8.48. The Hall–Kier alpha value is -3.32. The molecule has 6 nitrogen and oxygen atoms in total. The summed E-state index contributed by atoms with van der Waals surface area (Å²) in [4.78, 5) is 20.7. The quantitative estimate of drug-likeness (QED) is 0.561. The number of nitrogens with one attached hydrogen (secondary N) is 1. The first-order chi connectivity index (χ1) is 13.3. The highest BCUT2D eigenvalue weighted by Crippen LogP contribution is 2.23. The van der Waals surface area contributed by atoms with Crippen LogP contribution in [-0.2, 0) is 17.8 Å². The van der Waals surface area contributed by atoms with Crippen LogP contribution < -0.4 is 5.32 Å². The van der Waals surface area contributed by atoms with E-state index in [0.29, 0.717) is 6.54 Å². The van der Waals surface area contributed by atoms with E-state index < -0.39 is 0 Å². The Balaban J connectivity index is 1.32. The Labute approximate surface area is 160 Å². The van der Waals surface area contributed by atoms with E-state index in [0.717, 1.165) is 27.5 Å². The Morgan fingerprint density at radius 1 is 1.07 bits per heavy atom. The zero-order chi connectivity index (χ0) is 18.5. The molecule has 0 aliphatic heterocycles. The fourth-order valence-corrected chi connectivity index (χ4v) is 3.46. The number of rotatable bonds is 6. The molecule has 4 rings (SSSR count). The largest absolute Gasteiger partial charge is 0.352 e. The fraction of sp³-hybridized carbons (Fsp3) is 0.100. The molecule has 0 aliphatic carbocycles. The van der Waals surface area contributed by atoms with Gasteiger partial charge in [-0.2, -0.15) is 5.10 Å². The Kier molecular flexibility index (Phi) is 5.02. The molecule has 0 bridgehead atoms. The third-order valence-corrected chi connectivity index (χ3v) is 4.96. The molecule has 1 N–H and O–H groups in total. The van der Waals surface area contributed by atoms with Crippen molar-refractivity contribution in [2.75, 3.05) is 0 Å². The van der Waals surface area contributed by atoms with Crippen LogP contribution in [0.15, 0.2) is 72.6 Å². The second kappa shape index (κ2) is 7.92. The van der Waals surface area contributed by atoms with Gasteiger partial charge in [0.05, 0.1) is 17.8 Å². The molecule has 4 aromatic rings. The van der Waals surface area contributed by atoms with Crippen LogP contribution in [0.2, 0.25) is 0 Å². The number of benzene rings is 2. The molecule has 0 fully saturated rings. The molecular formula is C20H17N5OS. The van der Waals surface area contributed by atoms with Crippen molar-refractivity contribution in [3.8, 4) is 16.3 Å². The van der Waals surface area contributed by atoms with Gasteiger partial charge in [-0.05, 0) is 17.7 Å². The van der Waals surface area contributed by atoms with Gasteiger partial charge in [-0.1, -0.05) is 42.5 Å². The third-order valence-electron chi connectivity index (χ3n) is 4.02. The van der Waals surface area contributed by atoms with Crippen molar-refractivity contribution in [3.63, 3.8) is 0 Å². The van der Waals surface area contributed by atoms with E-state index in [2.05, 4.69) is 20.4 Å². The molecular weight excluding hydrogens is 358 g/mol. The summed E-state index contributed by atoms with van der Waals surface area (Å²) in [5.74, 6) is -0.0414. The third kappa shape index (κ3) is 4.27. The monoisotopic (exact) mass is 375 g/mol. The van der Waals surface area contributed by atoms with Crippen molar-refractivity contribution in [2.45, 2.75) is 13.0 Å². The summed E-state index contributed by atoms with van der Waals surface area (Å²) >= 11 is 1.55. The standard InChI is InChI=1S/C20H17N5OS/c26-19(10-17-12-27-20(24-17)16-4-2-1-3-5-16)22-11-15-6-8-18(9-7-15)25-14-21-13-23-25/h1-9,12-14H,10-11H2,(H,22,26). The van der Waals surface area contributed by atoms with Crippen molar-refractivity contribution in [2.24, 2.45) is 0 Å². The molecule has 0 aliphatic rings. The summed E-state index contributed by atoms with van der Waals surface area (Å²) < 4.78 is 1.69. The highest BCUT2D eigenvalue weighted by Gasteiger charge is 2.09. The average Bonchev–Trinajstić information content (AvgIpc) is 3.40. The minimum Gasteiger partial charge on any atom is -0.352 e. The second-order valence-electron chi connectivity index (χ2n) is 5.97. The first-order valence-corrected chi connectivity index (χ1v) is 9.36. The number of hydrogen-bond donors (Lipinski definition) is 1. The van der Waals surface area contributed by atoms with E-state index in [9.17, 15) is 4.79 Å². The van der Waals surface area contributed by atoms with E-state index in [4.69, 9.17) is 0 Å². The van der Waals surface area contributed by atoms with Crippen LogP contribution in [0.5, 0.6) is 0 Å². The van der Waals surface area contributed by atoms with E-state index in [1.165, 1.54) is 6.33 Å². The van der Waals surface area contributed by atoms with Crippen molar-refractivity contribution in [1.29, 1.82) is 0 Å². The Morgan fingerprint density at radius 2 is 1.89 bits per heavy atom. The van der Waals surface area contributed by atoms with Crippen LogP contribution in [0.3, 0.4) is 0 Å². The zero-order valence-electron chi connectivity index (χ0n) is 14.4. The first kappa shape index (κ1) is 17.1. The minimum absolute atomic E-state index is 0.0414. The summed E-state index contributed by atoms with van der Waals surface area (Å²) in [6.45, 7) is 0.478. The number of carbonyl (C=O) groups is 1. The van der Waals surface area contributed by atoms with Crippen molar-refractivity contribution in [3.05, 3.63) is 83.9 Å². The van der Waals surface area contributed by atoms with Crippen molar-refractivity contribution >= 4 is 17.2 Å². The molecule has 0 saturated heterocycles. The number of thiazole rings is 1. The smallest absolute Gasteiger partial charge is 0.226 e. The van der Waals surface area contributed by atoms with Crippen LogP contribution >= 0.6 is 11.3 Å². The lowest BCUT2D eigenvalue weighted by Crippen LogP contribution is -2.24. The fourth-order valence-electron chi connectivity index (χ4n) is 2.64. The molecule has 0 radical (unpaired) electrons. The maximum Gasteiger partial charge on any atom is 0.226 e. The van der Waals surface area contributed by atoms with Gasteiger partial charge in [0.1, 0.15) is 17.7 Å². The molecule has 2 aromatic carbocycles. The molecule has 2 heterocycles. The van der Waals surface area contributed by atoms with Gasteiger partial charge in [-0.25, -0.2) is 14.6 Å². The predicted molar refractivity (Wildman–Crippen MR) is 104 cm³/mol. The van der Waals surface area contributed by atoms with Gasteiger partial charge in [0.2, 0.25) is 5.91 Å². The molecule has 0 unspecified atom stereocenters. The number of amides is 1. The minimum atomic E-state index is -0.0414. The van der Waals surface area contributed by atoms with Crippen molar-refractivity contribution in [1.82, 2.24) is 25.1 Å². The molecule has 1 amide bonds. The van der Waals surface area contributed by atoms with Gasteiger partial charge in [-0.3, -0.25) is 4.79 Å². The predicted octanol–water partition coefficient (Wildman–Crippen LogP) is 3.25. The lowest BCUT2D eigenvalue weighted by Gasteiger charge is -2.06. The topological polar surface area (TPSA) is 72.7 Å². The van der Waals surface area contributed by atoms with Gasteiger partial charge in [0.25, 0.3) is 0 Å². The summed E-state index contributed by atoms with van der Waals surface area (Å²) in [6.07, 6.45) is 3.42. The van der Waals surface area contributed by atoms with Crippen LogP contribution in [0.1, 0.15) is 11.3 Å². The van der Waals surface area contributed by atoms with Gasteiger partial charge in [-0.15, -0.1) is 11.3 Å². The highest BCUT2D eigenvalue weighted by atomic mass is 32.1. The maximum atomic E-state index is 12.2. The van der Waals surface area contributed by atoms with Crippen LogP contribution in [-0.4, -0.2) is 25.7 Å². The molecule has 0 saturated carbocycles. The van der Waals surface area contributed by atoms with Gasteiger partial charge in [0.15, 0.2) is 0 Å². The Morgan fingerprint density at radius 3 is 2.63 bits per heavy atom. The van der Waals surface area contributed by atoms with E-state index in [1.54, 1.807) is 22.3 Å². The van der Waals surface area contributed by atoms with Crippen LogP contribution in [0.25, 0.3) is 16.3 Å². The number of hydrogen-bond acceptors (Lipinski definition) is 5. The lowest BCUT2D eigenvalue weighted by molar-refractivity contribution is -0.120. The molecule has 0 atom stereocenters. The number of carbonyl (C=O) groups excluding carboxylic acids is 1. The molecule has 7 heteroatoms. The zero-order valence-corrected chi connectivity index (χ0v) is 15.3. The van der Waals surface area contributed by atoms with Gasteiger partial charge < -0.3 is 5.32 Å². The van der Waals surface area contributed by atoms with E-state index >= 15 is 0 Å². The normalized spacial score (nSPS) is 10.7. The van der Waals surface area contributed by atoms with Gasteiger partial charge >= 0.3 is 0 Å². The average molecular weight is 375 g/mol. The summed E-state index contributed by atoms with van der Waals surface area (Å²) in [6, 6.07) is 17.8. The summed E-state index contributed by atoms with van der Waals surface area (Å²) in [5, 5.41) is 9.90. The summed E-state index contributed by atoms with van der Waals surface area (Å²) in [7, 11) is 0. The van der Waals surface area contributed by atoms with Crippen LogP contribution in [0, 0.1) is 0 Å². The molecule has 0 spiro atoms. The lowest BCUT2D eigenvalue weighted by atomic mass is 10.2. The molecule has 27 heavy (non-hydrogen) atoms.